The second-order valence-corrected chi connectivity index (χ2v) is 9.78. The number of hydrogen-bond acceptors (Lipinski definition) is 1. The number of halogens is 3. The number of aryl methyl sites for hydroxylation is 1. The van der Waals surface area contributed by atoms with Crippen LogP contribution in [0, 0.1) is 29.3 Å². The molecule has 4 heteroatoms. The molecule has 0 amide bonds. The van der Waals surface area contributed by atoms with Crippen LogP contribution in [0.5, 0.6) is 5.75 Å². The van der Waals surface area contributed by atoms with Gasteiger partial charge in [-0.3, -0.25) is 0 Å². The maximum absolute atomic E-state index is 14.9. The average Bonchev–Trinajstić information content (AvgIpc) is 2.87. The molecule has 1 fully saturated rings. The molecule has 0 aliphatic heterocycles. The van der Waals surface area contributed by atoms with E-state index < -0.39 is 11.6 Å². The first-order chi connectivity index (χ1) is 16.5. The molecule has 1 unspecified atom stereocenters. The molecule has 0 radical (unpaired) electrons. The van der Waals surface area contributed by atoms with Crippen molar-refractivity contribution >= 4 is 5.57 Å². The molecule has 0 heterocycles. The lowest BCUT2D eigenvalue weighted by molar-refractivity contribution is 0.306. The molecule has 4 rings (SSSR count). The van der Waals surface area contributed by atoms with Gasteiger partial charge in [-0.15, -0.1) is 6.58 Å². The van der Waals surface area contributed by atoms with Crippen molar-refractivity contribution in [1.29, 1.82) is 0 Å². The predicted octanol–water partition coefficient (Wildman–Crippen LogP) is 8.78. The fourth-order valence-corrected chi connectivity index (χ4v) is 5.53. The van der Waals surface area contributed by atoms with E-state index in [1.165, 1.54) is 0 Å². The lowest BCUT2D eigenvalue weighted by atomic mass is 9.77. The van der Waals surface area contributed by atoms with Gasteiger partial charge in [-0.1, -0.05) is 30.4 Å². The summed E-state index contributed by atoms with van der Waals surface area (Å²) in [6, 6.07) is 8.82. The lowest BCUT2D eigenvalue weighted by Crippen LogP contribution is -2.15. The Morgan fingerprint density at radius 1 is 1.00 bits per heavy atom. The molecule has 2 aliphatic carbocycles. The first kappa shape index (κ1) is 24.6. The Balaban J connectivity index is 1.32. The molecule has 34 heavy (non-hydrogen) atoms. The van der Waals surface area contributed by atoms with Gasteiger partial charge in [-0.25, -0.2) is 13.2 Å². The first-order valence-corrected chi connectivity index (χ1v) is 12.7. The van der Waals surface area contributed by atoms with Gasteiger partial charge in [0.2, 0.25) is 0 Å². The van der Waals surface area contributed by atoms with Crippen molar-refractivity contribution in [3.63, 3.8) is 0 Å². The van der Waals surface area contributed by atoms with E-state index in [1.807, 2.05) is 25.1 Å². The van der Waals surface area contributed by atoms with Crippen molar-refractivity contribution in [2.75, 3.05) is 6.61 Å². The number of allylic oxidation sites excluding steroid dienone is 3. The molecular weight excluding hydrogens is 433 g/mol. The smallest absolute Gasteiger partial charge is 0.166 e. The molecule has 2 aromatic carbocycles. The molecule has 182 valence electrons. The highest BCUT2D eigenvalue weighted by molar-refractivity contribution is 5.67. The van der Waals surface area contributed by atoms with Gasteiger partial charge in [0.05, 0.1) is 6.61 Å². The quantitative estimate of drug-likeness (QED) is 0.352. The summed E-state index contributed by atoms with van der Waals surface area (Å²) in [5.74, 6) is -0.126. The van der Waals surface area contributed by atoms with Gasteiger partial charge in [-0.05, 0) is 111 Å². The SMILES string of the molecule is C=CC1CC=C(c2ccc(CCC3CCC(c4ccc(OCC)c(F)c4)CC3)c(F)c2F)CC1. The van der Waals surface area contributed by atoms with Crippen LogP contribution in [-0.2, 0) is 6.42 Å². The van der Waals surface area contributed by atoms with Crippen LogP contribution < -0.4 is 4.74 Å². The van der Waals surface area contributed by atoms with E-state index in [4.69, 9.17) is 4.74 Å². The highest BCUT2D eigenvalue weighted by Gasteiger charge is 2.24. The van der Waals surface area contributed by atoms with Crippen molar-refractivity contribution in [2.45, 2.75) is 70.6 Å². The van der Waals surface area contributed by atoms with Gasteiger partial charge in [0.25, 0.3) is 0 Å². The number of benzene rings is 2. The van der Waals surface area contributed by atoms with Crippen LogP contribution in [0.25, 0.3) is 5.57 Å². The predicted molar refractivity (Wildman–Crippen MR) is 132 cm³/mol. The number of hydrogen-bond donors (Lipinski definition) is 0. The van der Waals surface area contributed by atoms with Gasteiger partial charge < -0.3 is 4.74 Å². The second-order valence-electron chi connectivity index (χ2n) is 9.78. The van der Waals surface area contributed by atoms with Crippen molar-refractivity contribution in [3.8, 4) is 5.75 Å². The summed E-state index contributed by atoms with van der Waals surface area (Å²) in [4.78, 5) is 0. The van der Waals surface area contributed by atoms with E-state index in [9.17, 15) is 13.2 Å². The van der Waals surface area contributed by atoms with Gasteiger partial charge in [-0.2, -0.15) is 0 Å². The van der Waals surface area contributed by atoms with Gasteiger partial charge in [0, 0.05) is 5.56 Å². The molecule has 1 saturated carbocycles. The Labute approximate surface area is 201 Å². The summed E-state index contributed by atoms with van der Waals surface area (Å²) < 4.78 is 49.3. The fraction of sp³-hybridized carbons (Fsp3) is 0.467. The molecule has 1 atom stereocenters. The summed E-state index contributed by atoms with van der Waals surface area (Å²) in [7, 11) is 0. The molecule has 2 aromatic rings. The van der Waals surface area contributed by atoms with Crippen LogP contribution >= 0.6 is 0 Å². The van der Waals surface area contributed by atoms with E-state index in [-0.39, 0.29) is 5.82 Å². The average molecular weight is 469 g/mol. The summed E-state index contributed by atoms with van der Waals surface area (Å²) in [5, 5.41) is 0. The molecule has 0 saturated heterocycles. The van der Waals surface area contributed by atoms with Crippen LogP contribution in [0.3, 0.4) is 0 Å². The van der Waals surface area contributed by atoms with E-state index in [2.05, 4.69) is 6.58 Å². The minimum atomic E-state index is -0.706. The molecule has 0 aromatic heterocycles. The van der Waals surface area contributed by atoms with Crippen molar-refractivity contribution in [1.82, 2.24) is 0 Å². The monoisotopic (exact) mass is 468 g/mol. The lowest BCUT2D eigenvalue weighted by Gasteiger charge is -2.29. The van der Waals surface area contributed by atoms with E-state index >= 15 is 0 Å². The molecule has 1 nitrogen and oxygen atoms in total. The largest absolute Gasteiger partial charge is 0.491 e. The summed E-state index contributed by atoms with van der Waals surface area (Å²) in [6.45, 7) is 6.12. The van der Waals surface area contributed by atoms with Crippen LogP contribution in [-0.4, -0.2) is 6.61 Å². The van der Waals surface area contributed by atoms with Gasteiger partial charge in [0.15, 0.2) is 23.2 Å². The Kier molecular flexibility index (Phi) is 8.18. The minimum Gasteiger partial charge on any atom is -0.491 e. The van der Waals surface area contributed by atoms with Crippen molar-refractivity contribution in [3.05, 3.63) is 83.2 Å². The van der Waals surface area contributed by atoms with Crippen LogP contribution in [0.4, 0.5) is 13.2 Å². The van der Waals surface area contributed by atoms with Crippen molar-refractivity contribution in [2.24, 2.45) is 11.8 Å². The highest BCUT2D eigenvalue weighted by atomic mass is 19.2. The Hall–Kier alpha value is -2.49. The van der Waals surface area contributed by atoms with E-state index in [1.54, 1.807) is 24.3 Å². The van der Waals surface area contributed by atoms with Gasteiger partial charge >= 0.3 is 0 Å². The fourth-order valence-electron chi connectivity index (χ4n) is 5.53. The Morgan fingerprint density at radius 3 is 2.44 bits per heavy atom. The Morgan fingerprint density at radius 2 is 1.79 bits per heavy atom. The molecular formula is C30H35F3O. The van der Waals surface area contributed by atoms with E-state index in [0.717, 1.165) is 62.5 Å². The minimum absolute atomic E-state index is 0.299. The third kappa shape index (κ3) is 5.59. The summed E-state index contributed by atoms with van der Waals surface area (Å²) in [6.07, 6.45) is 11.9. The maximum Gasteiger partial charge on any atom is 0.166 e. The third-order valence-corrected chi connectivity index (χ3v) is 7.69. The zero-order valence-electron chi connectivity index (χ0n) is 20.1. The molecule has 0 spiro atoms. The zero-order chi connectivity index (χ0) is 24.1. The molecule has 0 bridgehead atoms. The number of ether oxygens (including phenoxy) is 1. The van der Waals surface area contributed by atoms with Crippen LogP contribution in [0.2, 0.25) is 0 Å². The van der Waals surface area contributed by atoms with Crippen molar-refractivity contribution < 1.29 is 17.9 Å². The molecule has 0 N–H and O–H groups in total. The topological polar surface area (TPSA) is 9.23 Å². The maximum atomic E-state index is 14.9. The first-order valence-electron chi connectivity index (χ1n) is 12.7. The summed E-state index contributed by atoms with van der Waals surface area (Å²) in [5.41, 5.74) is 2.81. The third-order valence-electron chi connectivity index (χ3n) is 7.69. The number of rotatable bonds is 8. The molecule has 2 aliphatic rings. The van der Waals surface area contributed by atoms with E-state index in [0.29, 0.717) is 47.7 Å². The van der Waals surface area contributed by atoms with Crippen LogP contribution in [0.15, 0.2) is 49.1 Å². The normalized spacial score (nSPS) is 22.8. The van der Waals surface area contributed by atoms with Gasteiger partial charge in [0.1, 0.15) is 0 Å². The van der Waals surface area contributed by atoms with Crippen LogP contribution in [0.1, 0.15) is 80.9 Å². The summed E-state index contributed by atoms with van der Waals surface area (Å²) >= 11 is 0. The standard InChI is InChI=1S/C30H35F3O/c1-3-20-5-12-23(13-6-20)26-17-15-24(29(32)30(26)33)14-9-21-7-10-22(11-8-21)25-16-18-28(34-4-2)27(31)19-25/h3,12,15-22H,1,4-11,13-14H2,2H3. The Bertz CT molecular complexity index is 1030. The highest BCUT2D eigenvalue weighted by Crippen LogP contribution is 2.39. The zero-order valence-corrected chi connectivity index (χ0v) is 20.1. The second kappa shape index (κ2) is 11.3.